The molecule has 1 amide bonds. The van der Waals surface area contributed by atoms with E-state index >= 15 is 0 Å². The van der Waals surface area contributed by atoms with Crippen LogP contribution in [0.25, 0.3) is 16.5 Å². The molecule has 0 spiro atoms. The van der Waals surface area contributed by atoms with Crippen LogP contribution < -0.4 is 0 Å². The van der Waals surface area contributed by atoms with Gasteiger partial charge in [-0.15, -0.1) is 0 Å². The molecule has 4 rings (SSSR count). The Hall–Kier alpha value is -2.38. The number of carbonyl (C=O) groups is 1. The first-order valence-electron chi connectivity index (χ1n) is 10.8. The summed E-state index contributed by atoms with van der Waals surface area (Å²) in [5, 5.41) is 14.7. The predicted octanol–water partition coefficient (Wildman–Crippen LogP) is 4.02. The van der Waals surface area contributed by atoms with Gasteiger partial charge in [0.2, 0.25) is 0 Å². The molecule has 1 aromatic carbocycles. The third-order valence-corrected chi connectivity index (χ3v) is 6.28. The van der Waals surface area contributed by atoms with Crippen molar-refractivity contribution in [1.82, 2.24) is 15.0 Å². The van der Waals surface area contributed by atoms with Gasteiger partial charge < -0.3 is 24.2 Å². The maximum atomic E-state index is 11.1. The molecule has 2 aromatic rings. The molecule has 0 unspecified atom stereocenters. The Bertz CT molecular complexity index is 926. The number of hydrogen-bond acceptors (Lipinski definition) is 5. The molecule has 0 bridgehead atoms. The molecule has 1 aromatic heterocycles. The smallest absolute Gasteiger partial charge is 0.407 e. The Morgan fingerprint density at radius 2 is 2.10 bits per heavy atom. The van der Waals surface area contributed by atoms with Crippen LogP contribution in [0.5, 0.6) is 0 Å². The van der Waals surface area contributed by atoms with E-state index in [1.807, 2.05) is 0 Å². The molecule has 2 aliphatic heterocycles. The van der Waals surface area contributed by atoms with Crippen molar-refractivity contribution in [2.75, 3.05) is 40.4 Å². The Balaban J connectivity index is 1.53. The monoisotopic (exact) mass is 413 g/mol. The maximum Gasteiger partial charge on any atom is 0.407 e. The van der Waals surface area contributed by atoms with Gasteiger partial charge in [-0.2, -0.15) is 0 Å². The van der Waals surface area contributed by atoms with Gasteiger partial charge in [-0.05, 0) is 69.3 Å². The highest BCUT2D eigenvalue weighted by atomic mass is 16.5. The van der Waals surface area contributed by atoms with Gasteiger partial charge in [-0.25, -0.2) is 4.79 Å². The van der Waals surface area contributed by atoms with Crippen LogP contribution in [-0.4, -0.2) is 66.6 Å². The number of fused-ring (bicyclic) bond motifs is 1. The number of carboxylic acid groups (broad SMARTS) is 1. The third kappa shape index (κ3) is 4.52. The highest BCUT2D eigenvalue weighted by molar-refractivity contribution is 5.88. The minimum atomic E-state index is -0.806. The molecule has 0 aliphatic carbocycles. The van der Waals surface area contributed by atoms with Gasteiger partial charge >= 0.3 is 6.09 Å². The summed E-state index contributed by atoms with van der Waals surface area (Å²) in [4.78, 5) is 14.8. The zero-order valence-corrected chi connectivity index (χ0v) is 17.9. The SMILES string of the molecule is CN(C)Cc1c(C2=CCOCC2)ccc2c(CCC3CCN(C(=O)O)CC3)noc12. The van der Waals surface area contributed by atoms with Crippen LogP contribution in [0.4, 0.5) is 4.79 Å². The van der Waals surface area contributed by atoms with Crippen LogP contribution in [0.2, 0.25) is 0 Å². The zero-order valence-electron chi connectivity index (χ0n) is 17.9. The molecule has 1 N–H and O–H groups in total. The maximum absolute atomic E-state index is 11.1. The van der Waals surface area contributed by atoms with Gasteiger partial charge in [0.25, 0.3) is 0 Å². The fourth-order valence-corrected chi connectivity index (χ4v) is 4.59. The average Bonchev–Trinajstić information content (AvgIpc) is 3.16. The predicted molar refractivity (Wildman–Crippen MR) is 115 cm³/mol. The van der Waals surface area contributed by atoms with Crippen molar-refractivity contribution in [1.29, 1.82) is 0 Å². The van der Waals surface area contributed by atoms with E-state index in [1.54, 1.807) is 0 Å². The summed E-state index contributed by atoms with van der Waals surface area (Å²) >= 11 is 0. The molecule has 7 heteroatoms. The van der Waals surface area contributed by atoms with E-state index in [0.29, 0.717) is 25.6 Å². The molecular weight excluding hydrogens is 382 g/mol. The zero-order chi connectivity index (χ0) is 21.1. The van der Waals surface area contributed by atoms with E-state index in [-0.39, 0.29) is 0 Å². The average molecular weight is 414 g/mol. The second-order valence-corrected chi connectivity index (χ2v) is 8.64. The number of ether oxygens (including phenoxy) is 1. The topological polar surface area (TPSA) is 79.0 Å². The lowest BCUT2D eigenvalue weighted by atomic mass is 9.90. The molecular formula is C23H31N3O4. The van der Waals surface area contributed by atoms with Crippen molar-refractivity contribution in [3.05, 3.63) is 35.0 Å². The number of amides is 1. The standard InChI is InChI=1S/C23H31N3O4/c1-25(2)15-20-18(17-9-13-29-14-10-17)4-5-19-21(24-30-22(19)20)6-3-16-7-11-26(12-8-16)23(27)28/h4-5,9,16H,3,6-8,10-15H2,1-2H3,(H,27,28). The Labute approximate surface area is 177 Å². The van der Waals surface area contributed by atoms with Gasteiger partial charge in [-0.3, -0.25) is 0 Å². The Morgan fingerprint density at radius 1 is 1.30 bits per heavy atom. The van der Waals surface area contributed by atoms with Crippen LogP contribution in [-0.2, 0) is 17.7 Å². The minimum absolute atomic E-state index is 0.542. The van der Waals surface area contributed by atoms with Crippen molar-refractivity contribution in [2.45, 2.75) is 38.6 Å². The number of aromatic nitrogens is 1. The molecule has 162 valence electrons. The number of benzene rings is 1. The summed E-state index contributed by atoms with van der Waals surface area (Å²) in [6.45, 7) is 3.49. The third-order valence-electron chi connectivity index (χ3n) is 6.28. The van der Waals surface area contributed by atoms with Gasteiger partial charge in [0, 0.05) is 30.6 Å². The number of rotatable bonds is 6. The fourth-order valence-electron chi connectivity index (χ4n) is 4.59. The summed E-state index contributed by atoms with van der Waals surface area (Å²) in [5.41, 5.74) is 5.66. The quantitative estimate of drug-likeness (QED) is 0.771. The van der Waals surface area contributed by atoms with E-state index < -0.39 is 6.09 Å². The molecule has 0 atom stereocenters. The molecule has 1 fully saturated rings. The number of hydrogen-bond donors (Lipinski definition) is 1. The van der Waals surface area contributed by atoms with Crippen LogP contribution in [0.1, 0.15) is 42.5 Å². The number of aryl methyl sites for hydroxylation is 1. The summed E-state index contributed by atoms with van der Waals surface area (Å²) in [7, 11) is 4.14. The second kappa shape index (κ2) is 9.18. The van der Waals surface area contributed by atoms with E-state index in [1.165, 1.54) is 21.6 Å². The number of likely N-dealkylation sites (tertiary alicyclic amines) is 1. The van der Waals surface area contributed by atoms with Crippen molar-refractivity contribution >= 4 is 22.6 Å². The highest BCUT2D eigenvalue weighted by Gasteiger charge is 2.24. The minimum Gasteiger partial charge on any atom is -0.465 e. The first-order chi connectivity index (χ1) is 14.5. The normalized spacial score (nSPS) is 18.2. The van der Waals surface area contributed by atoms with Crippen LogP contribution in [0, 0.1) is 5.92 Å². The molecule has 3 heterocycles. The van der Waals surface area contributed by atoms with E-state index in [0.717, 1.165) is 61.9 Å². The largest absolute Gasteiger partial charge is 0.465 e. The summed E-state index contributed by atoms with van der Waals surface area (Å²) in [6, 6.07) is 4.36. The van der Waals surface area contributed by atoms with Crippen molar-refractivity contribution in [3.63, 3.8) is 0 Å². The van der Waals surface area contributed by atoms with Crippen molar-refractivity contribution in [2.24, 2.45) is 5.92 Å². The molecule has 0 radical (unpaired) electrons. The van der Waals surface area contributed by atoms with E-state index in [2.05, 4.69) is 42.4 Å². The van der Waals surface area contributed by atoms with E-state index in [9.17, 15) is 4.79 Å². The molecule has 30 heavy (non-hydrogen) atoms. The van der Waals surface area contributed by atoms with E-state index in [4.69, 9.17) is 14.4 Å². The summed E-state index contributed by atoms with van der Waals surface area (Å²) < 4.78 is 11.4. The lowest BCUT2D eigenvalue weighted by Crippen LogP contribution is -2.37. The fraction of sp³-hybridized carbons (Fsp3) is 0.565. The molecule has 0 saturated carbocycles. The summed E-state index contributed by atoms with van der Waals surface area (Å²) in [6.07, 6.45) is 6.01. The van der Waals surface area contributed by atoms with Gasteiger partial charge in [0.15, 0.2) is 5.58 Å². The molecule has 2 aliphatic rings. The number of piperidine rings is 1. The van der Waals surface area contributed by atoms with Gasteiger partial charge in [0.1, 0.15) is 0 Å². The number of nitrogens with zero attached hydrogens (tertiary/aromatic N) is 3. The lowest BCUT2D eigenvalue weighted by molar-refractivity contribution is 0.123. The van der Waals surface area contributed by atoms with Crippen LogP contribution in [0.3, 0.4) is 0 Å². The Morgan fingerprint density at radius 3 is 2.77 bits per heavy atom. The van der Waals surface area contributed by atoms with Crippen molar-refractivity contribution < 1.29 is 19.2 Å². The lowest BCUT2D eigenvalue weighted by Gasteiger charge is -2.29. The van der Waals surface area contributed by atoms with Gasteiger partial charge in [0.05, 0.1) is 18.9 Å². The highest BCUT2D eigenvalue weighted by Crippen LogP contribution is 2.33. The first kappa shape index (κ1) is 20.9. The summed E-state index contributed by atoms with van der Waals surface area (Å²) in [5.74, 6) is 0.542. The van der Waals surface area contributed by atoms with Crippen LogP contribution >= 0.6 is 0 Å². The molecule has 1 saturated heterocycles. The Kier molecular flexibility index (Phi) is 6.39. The molecule has 7 nitrogen and oxygen atoms in total. The van der Waals surface area contributed by atoms with Crippen LogP contribution in [0.15, 0.2) is 22.7 Å². The first-order valence-corrected chi connectivity index (χ1v) is 10.8. The van der Waals surface area contributed by atoms with Gasteiger partial charge in [-0.1, -0.05) is 17.3 Å². The second-order valence-electron chi connectivity index (χ2n) is 8.64. The van der Waals surface area contributed by atoms with Crippen molar-refractivity contribution in [3.8, 4) is 0 Å².